The fourth-order valence-electron chi connectivity index (χ4n) is 11.9. The largest absolute Gasteiger partial charge is 0.550 e. The Morgan fingerprint density at radius 3 is 1.08 bits per heavy atom. The summed E-state index contributed by atoms with van der Waals surface area (Å²) >= 11 is 0. The fraction of sp³-hybridized carbons (Fsp3) is 0.678. The number of hydrogen-bond acceptors (Lipinski definition) is 2. The van der Waals surface area contributed by atoms with Gasteiger partial charge in [-0.05, 0) is 157 Å². The van der Waals surface area contributed by atoms with Crippen molar-refractivity contribution in [2.24, 2.45) is 23.2 Å². The second kappa shape index (κ2) is 27.1. The highest BCUT2D eigenvalue weighted by Gasteiger charge is 2.51. The van der Waals surface area contributed by atoms with Gasteiger partial charge in [0.1, 0.15) is 10.9 Å². The maximum atomic E-state index is 11.1. The molecule has 0 heterocycles. The van der Waals surface area contributed by atoms with E-state index >= 15 is 0 Å². The van der Waals surface area contributed by atoms with Crippen LogP contribution >= 0.6 is 0 Å². The molecule has 0 unspecified atom stereocenters. The van der Waals surface area contributed by atoms with Gasteiger partial charge >= 0.3 is 0 Å². The molecular weight excluding hydrogens is 773 g/mol. The Hall–Kier alpha value is -2.52. The van der Waals surface area contributed by atoms with E-state index in [9.17, 15) is 9.90 Å². The third-order valence-corrected chi connectivity index (χ3v) is 17.4. The molecule has 0 atom stereocenters. The number of carbonyl (C=O) groups is 1. The fourth-order valence-corrected chi connectivity index (χ4v) is 14.7. The number of carbonyl (C=O) groups excluding carboxylic acids is 1. The van der Waals surface area contributed by atoms with Crippen LogP contribution in [0.1, 0.15) is 229 Å². The molecule has 0 aliphatic heterocycles. The first-order valence-electron chi connectivity index (χ1n) is 26.6. The Kier molecular flexibility index (Phi) is 22.0. The van der Waals surface area contributed by atoms with Crippen molar-refractivity contribution in [3.05, 3.63) is 88.0 Å². The molecular formula is C59H90O2S. The molecule has 3 heteroatoms. The molecule has 0 spiro atoms. The monoisotopic (exact) mass is 863 g/mol. The van der Waals surface area contributed by atoms with Gasteiger partial charge in [0, 0.05) is 33.6 Å². The SMILES string of the molecule is CCCCCc1cc(CCCCC)c([S+](c2ccccc2)c2c(CCCCC)cc(CCCCC)cc2CCCCC)c(CCCCC)c1.O=C([O-])C12CC3CC(CC(C3)C1)C2. The summed E-state index contributed by atoms with van der Waals surface area (Å²) in [6.07, 6.45) is 37.4. The number of unbranched alkanes of at least 4 members (excludes halogenated alkanes) is 12. The predicted octanol–water partition coefficient (Wildman–Crippen LogP) is 16.1. The zero-order valence-electron chi connectivity index (χ0n) is 40.9. The van der Waals surface area contributed by atoms with E-state index in [-0.39, 0.29) is 10.9 Å². The van der Waals surface area contributed by atoms with E-state index in [4.69, 9.17) is 0 Å². The smallest absolute Gasteiger partial charge is 0.172 e. The summed E-state index contributed by atoms with van der Waals surface area (Å²) in [7, 11) is -0.114. The van der Waals surface area contributed by atoms with E-state index in [1.165, 1.54) is 178 Å². The summed E-state index contributed by atoms with van der Waals surface area (Å²) in [6.45, 7) is 14.1. The van der Waals surface area contributed by atoms with E-state index in [2.05, 4.69) is 96.1 Å². The first-order chi connectivity index (χ1) is 30.3. The Balaban J connectivity index is 0.000000465. The summed E-state index contributed by atoms with van der Waals surface area (Å²) in [4.78, 5) is 16.1. The molecule has 0 aromatic heterocycles. The van der Waals surface area contributed by atoms with E-state index in [1.807, 2.05) is 0 Å². The van der Waals surface area contributed by atoms with Crippen molar-refractivity contribution < 1.29 is 9.90 Å². The van der Waals surface area contributed by atoms with Crippen molar-refractivity contribution in [2.45, 2.75) is 249 Å². The van der Waals surface area contributed by atoms with Gasteiger partial charge in [0.2, 0.25) is 0 Å². The summed E-state index contributed by atoms with van der Waals surface area (Å²) in [5.74, 6) is 1.38. The van der Waals surface area contributed by atoms with Crippen molar-refractivity contribution >= 4 is 16.9 Å². The van der Waals surface area contributed by atoms with Crippen molar-refractivity contribution in [2.75, 3.05) is 0 Å². The van der Waals surface area contributed by atoms with E-state index < -0.39 is 11.4 Å². The molecule has 0 radical (unpaired) electrons. The average molecular weight is 863 g/mol. The maximum absolute atomic E-state index is 11.1. The number of hydrogen-bond donors (Lipinski definition) is 0. The van der Waals surface area contributed by atoms with Crippen LogP contribution in [-0.4, -0.2) is 5.97 Å². The molecule has 4 bridgehead atoms. The minimum absolute atomic E-state index is 0.114. The van der Waals surface area contributed by atoms with Crippen LogP contribution in [0.4, 0.5) is 0 Å². The molecule has 4 fully saturated rings. The van der Waals surface area contributed by atoms with E-state index in [1.54, 1.807) is 43.2 Å². The van der Waals surface area contributed by atoms with Crippen LogP contribution in [0.15, 0.2) is 69.3 Å². The first kappa shape index (κ1) is 50.5. The normalized spacial score (nSPS) is 20.1. The van der Waals surface area contributed by atoms with Crippen LogP contribution in [0.3, 0.4) is 0 Å². The van der Waals surface area contributed by atoms with Crippen molar-refractivity contribution in [1.29, 1.82) is 0 Å². The quantitative estimate of drug-likeness (QED) is 0.0539. The van der Waals surface area contributed by atoms with Gasteiger partial charge in [-0.1, -0.05) is 161 Å². The third kappa shape index (κ3) is 14.5. The van der Waals surface area contributed by atoms with Crippen molar-refractivity contribution in [3.8, 4) is 0 Å². The maximum Gasteiger partial charge on any atom is 0.172 e. The molecule has 2 nitrogen and oxygen atoms in total. The van der Waals surface area contributed by atoms with Crippen LogP contribution < -0.4 is 5.11 Å². The van der Waals surface area contributed by atoms with Gasteiger partial charge in [-0.15, -0.1) is 0 Å². The highest BCUT2D eigenvalue weighted by Crippen LogP contribution is 2.59. The number of carboxylic acids is 1. The lowest BCUT2D eigenvalue weighted by atomic mass is 9.49. The molecule has 4 saturated carbocycles. The minimum Gasteiger partial charge on any atom is -0.550 e. The zero-order valence-corrected chi connectivity index (χ0v) is 41.7. The number of aliphatic carboxylic acids is 1. The molecule has 4 aliphatic rings. The summed E-state index contributed by atoms with van der Waals surface area (Å²) in [6, 6.07) is 22.6. The van der Waals surface area contributed by atoms with Gasteiger partial charge in [0.05, 0.1) is 0 Å². The van der Waals surface area contributed by atoms with E-state index in [0.717, 1.165) is 19.3 Å². The number of benzene rings is 3. The topological polar surface area (TPSA) is 40.1 Å². The highest BCUT2D eigenvalue weighted by molar-refractivity contribution is 7.97. The highest BCUT2D eigenvalue weighted by atomic mass is 32.2. The summed E-state index contributed by atoms with van der Waals surface area (Å²) in [5, 5.41) is 11.1. The summed E-state index contributed by atoms with van der Waals surface area (Å²) < 4.78 is 0. The Bertz CT molecular complexity index is 1560. The van der Waals surface area contributed by atoms with Crippen molar-refractivity contribution in [3.63, 3.8) is 0 Å². The van der Waals surface area contributed by atoms with Gasteiger partial charge < -0.3 is 9.90 Å². The van der Waals surface area contributed by atoms with Crippen LogP contribution in [0, 0.1) is 23.2 Å². The number of rotatable bonds is 28. The first-order valence-corrected chi connectivity index (χ1v) is 27.8. The number of aryl methyl sites for hydroxylation is 6. The van der Waals surface area contributed by atoms with Crippen LogP contribution in [0.25, 0.3) is 0 Å². The molecule has 3 aromatic carbocycles. The molecule has 0 N–H and O–H groups in total. The molecule has 0 amide bonds. The lowest BCUT2D eigenvalue weighted by Gasteiger charge is -2.57. The molecule has 4 aliphatic carbocycles. The van der Waals surface area contributed by atoms with Crippen molar-refractivity contribution in [1.82, 2.24) is 0 Å². The number of carboxylic acid groups (broad SMARTS) is 1. The van der Waals surface area contributed by atoms with Gasteiger partial charge in [-0.2, -0.15) is 0 Å². The second-order valence-electron chi connectivity index (χ2n) is 20.3. The van der Waals surface area contributed by atoms with Gasteiger partial charge in [0.15, 0.2) is 14.7 Å². The molecule has 7 rings (SSSR count). The Morgan fingerprint density at radius 1 is 0.484 bits per heavy atom. The zero-order chi connectivity index (χ0) is 44.2. The Labute approximate surface area is 385 Å². The van der Waals surface area contributed by atoms with Crippen LogP contribution in [0.5, 0.6) is 0 Å². The third-order valence-electron chi connectivity index (χ3n) is 14.8. The molecule has 3 aromatic rings. The molecule has 62 heavy (non-hydrogen) atoms. The lowest BCUT2D eigenvalue weighted by Crippen LogP contribution is -2.54. The van der Waals surface area contributed by atoms with Crippen LogP contribution in [0.2, 0.25) is 0 Å². The van der Waals surface area contributed by atoms with Gasteiger partial charge in [0.25, 0.3) is 0 Å². The molecule has 344 valence electrons. The minimum atomic E-state index is -0.758. The van der Waals surface area contributed by atoms with Crippen LogP contribution in [-0.2, 0) is 54.2 Å². The summed E-state index contributed by atoms with van der Waals surface area (Å²) in [5.41, 5.74) is 9.50. The average Bonchev–Trinajstić information content (AvgIpc) is 3.26. The van der Waals surface area contributed by atoms with Gasteiger partial charge in [-0.3, -0.25) is 0 Å². The van der Waals surface area contributed by atoms with E-state index in [0.29, 0.717) is 17.8 Å². The van der Waals surface area contributed by atoms with Gasteiger partial charge in [-0.25, -0.2) is 0 Å². The lowest BCUT2D eigenvalue weighted by molar-refractivity contribution is -0.327. The standard InChI is InChI=1S/C48H75S.C11H16O2/c1-7-13-20-28-40-36-42(30-22-15-9-3)47(43(37-40)31-23-16-10-4)49(46-34-26-19-27-35-46)48-44(32-24-17-11-5)38-41(29-21-14-8-2)39-45(48)33-25-18-12-6;12-10(13)11-4-7-1-8(5-11)3-9(2-7)6-11/h19,26-27,34-39H,7-18,20-25,28-33H2,1-6H3;7-9H,1-6H2,(H,12,13)/q+1;/p-1. The second-order valence-corrected chi connectivity index (χ2v) is 22.2. The molecule has 0 saturated heterocycles. The predicted molar refractivity (Wildman–Crippen MR) is 266 cm³/mol. The Morgan fingerprint density at radius 2 is 0.790 bits per heavy atom.